The quantitative estimate of drug-likeness (QED) is 0.109. The van der Waals surface area contributed by atoms with Gasteiger partial charge in [-0.05, 0) is 49.6 Å². The number of ether oxygens (including phenoxy) is 1. The molecule has 0 saturated heterocycles. The Hall–Kier alpha value is -3.94. The van der Waals surface area contributed by atoms with Crippen molar-refractivity contribution < 1.29 is 32.8 Å². The summed E-state index contributed by atoms with van der Waals surface area (Å²) in [5.74, 6) is 0.915. The molecule has 1 fully saturated rings. The summed E-state index contributed by atoms with van der Waals surface area (Å²) >= 11 is 0. The van der Waals surface area contributed by atoms with E-state index in [0.29, 0.717) is 47.8 Å². The number of fused-ring (bicyclic) bond motifs is 1. The number of benzene rings is 2. The van der Waals surface area contributed by atoms with Crippen LogP contribution in [0.1, 0.15) is 32.1 Å². The van der Waals surface area contributed by atoms with Gasteiger partial charge in [0.05, 0.1) is 18.7 Å². The van der Waals surface area contributed by atoms with Crippen LogP contribution in [-0.2, 0) is 20.4 Å². The van der Waals surface area contributed by atoms with E-state index in [2.05, 4.69) is 35.1 Å². The normalized spacial score (nSPS) is 13.9. The molecule has 15 heteroatoms. The molecule has 1 aliphatic rings. The molecule has 2 heterocycles. The van der Waals surface area contributed by atoms with Gasteiger partial charge in [0.15, 0.2) is 5.82 Å². The summed E-state index contributed by atoms with van der Waals surface area (Å²) in [7, 11) is -4.48. The van der Waals surface area contributed by atoms with Gasteiger partial charge in [-0.15, -0.1) is 0 Å². The highest BCUT2D eigenvalue weighted by Crippen LogP contribution is 2.35. The lowest BCUT2D eigenvalue weighted by atomic mass is 10.2. The van der Waals surface area contributed by atoms with Crippen LogP contribution in [0.15, 0.2) is 61.1 Å². The lowest BCUT2D eigenvalue weighted by Gasteiger charge is -2.28. The third-order valence-electron chi connectivity index (χ3n) is 7.25. The zero-order valence-corrected chi connectivity index (χ0v) is 24.9. The van der Waals surface area contributed by atoms with Crippen molar-refractivity contribution in [3.8, 4) is 5.75 Å². The number of hydrogen-bond donors (Lipinski definition) is 4. The number of aromatic nitrogens is 4. The molecule has 2 aromatic carbocycles. The number of anilines is 3. The van der Waals surface area contributed by atoms with E-state index in [9.17, 15) is 13.8 Å². The highest BCUT2D eigenvalue weighted by molar-refractivity contribution is 7.46. The van der Waals surface area contributed by atoms with Gasteiger partial charge in [-0.25, -0.2) is 18.9 Å². The average Bonchev–Trinajstić information content (AvgIpc) is 3.66. The Labute approximate surface area is 253 Å². The lowest BCUT2D eigenvalue weighted by Crippen LogP contribution is -2.37. The molecule has 4 aromatic rings. The highest BCUT2D eigenvalue weighted by atomic mass is 31.2. The van der Waals surface area contributed by atoms with Crippen molar-refractivity contribution >= 4 is 42.0 Å². The Morgan fingerprint density at radius 3 is 2.73 bits per heavy atom. The Balaban J connectivity index is 1.13. The third kappa shape index (κ3) is 9.28. The molecule has 0 atom stereocenters. The molecule has 44 heavy (non-hydrogen) atoms. The van der Waals surface area contributed by atoms with E-state index < -0.39 is 13.6 Å². The molecule has 0 bridgehead atoms. The number of nitrogens with zero attached hydrogens (tertiary/aromatic N) is 5. The average molecular weight is 628 g/mol. The molecule has 1 aliphatic carbocycles. The molecule has 13 nitrogen and oxygen atoms in total. The van der Waals surface area contributed by atoms with Crippen LogP contribution in [0.4, 0.5) is 21.7 Å². The van der Waals surface area contributed by atoms with Gasteiger partial charge >= 0.3 is 7.82 Å². The van der Waals surface area contributed by atoms with Crippen LogP contribution >= 0.6 is 7.82 Å². The fourth-order valence-corrected chi connectivity index (χ4v) is 5.58. The molecule has 234 valence electrons. The van der Waals surface area contributed by atoms with Crippen molar-refractivity contribution in [1.82, 2.24) is 24.6 Å². The van der Waals surface area contributed by atoms with Crippen molar-refractivity contribution in [2.75, 3.05) is 36.9 Å². The fraction of sp³-hybridized carbons (Fsp3) is 0.379. The van der Waals surface area contributed by atoms with Gasteiger partial charge < -0.3 is 25.2 Å². The summed E-state index contributed by atoms with van der Waals surface area (Å²) < 4.78 is 36.6. The van der Waals surface area contributed by atoms with Crippen molar-refractivity contribution in [2.45, 2.75) is 44.7 Å². The van der Waals surface area contributed by atoms with Crippen LogP contribution in [0.5, 0.6) is 5.75 Å². The second kappa shape index (κ2) is 14.7. The van der Waals surface area contributed by atoms with Crippen LogP contribution in [0.25, 0.3) is 10.9 Å². The van der Waals surface area contributed by atoms with Crippen LogP contribution < -0.4 is 15.4 Å². The van der Waals surface area contributed by atoms with Crippen molar-refractivity contribution in [1.29, 1.82) is 0 Å². The first-order valence-corrected chi connectivity index (χ1v) is 15.9. The summed E-state index contributed by atoms with van der Waals surface area (Å²) in [5, 5.41) is 11.0. The SMILES string of the molecule is O=C(Cn1ccc(Nc2ncnc3cc(OCCCN(CCOP(=O)(O)O)C4CCCC4)ccc23)n1)Nc1cccc(F)c1. The predicted molar refractivity (Wildman–Crippen MR) is 162 cm³/mol. The van der Waals surface area contributed by atoms with Gasteiger partial charge in [0.1, 0.15) is 30.3 Å². The molecule has 2 aromatic heterocycles. The van der Waals surface area contributed by atoms with E-state index in [-0.39, 0.29) is 19.1 Å². The predicted octanol–water partition coefficient (Wildman–Crippen LogP) is 4.47. The van der Waals surface area contributed by atoms with E-state index in [0.717, 1.165) is 44.0 Å². The number of hydrogen-bond acceptors (Lipinski definition) is 9. The third-order valence-corrected chi connectivity index (χ3v) is 7.77. The number of carbonyl (C=O) groups is 1. The number of amides is 1. The Kier molecular flexibility index (Phi) is 10.5. The summed E-state index contributed by atoms with van der Waals surface area (Å²) in [5.41, 5.74) is 1.05. The van der Waals surface area contributed by atoms with Gasteiger partial charge in [-0.3, -0.25) is 18.9 Å². The zero-order chi connectivity index (χ0) is 30.9. The molecule has 0 aliphatic heterocycles. The van der Waals surface area contributed by atoms with Crippen LogP contribution in [0.2, 0.25) is 0 Å². The number of halogens is 1. The Morgan fingerprint density at radius 1 is 1.09 bits per heavy atom. The first kappa shape index (κ1) is 31.5. The smallest absolute Gasteiger partial charge is 0.469 e. The highest BCUT2D eigenvalue weighted by Gasteiger charge is 2.23. The number of rotatable bonds is 15. The molecule has 1 saturated carbocycles. The summed E-state index contributed by atoms with van der Waals surface area (Å²) in [6, 6.07) is 13.3. The minimum Gasteiger partial charge on any atom is -0.493 e. The van der Waals surface area contributed by atoms with Gasteiger partial charge in [0.2, 0.25) is 5.91 Å². The van der Waals surface area contributed by atoms with Gasteiger partial charge in [-0.2, -0.15) is 5.10 Å². The lowest BCUT2D eigenvalue weighted by molar-refractivity contribution is -0.116. The number of phosphoric acid groups is 1. The molecule has 1 amide bonds. The van der Waals surface area contributed by atoms with Crippen LogP contribution in [0, 0.1) is 5.82 Å². The van der Waals surface area contributed by atoms with E-state index in [1.807, 2.05) is 18.2 Å². The molecular formula is C29H35FN7O6P. The van der Waals surface area contributed by atoms with E-state index in [4.69, 9.17) is 14.5 Å². The molecule has 0 spiro atoms. The molecule has 5 rings (SSSR count). The second-order valence-electron chi connectivity index (χ2n) is 10.5. The Bertz CT molecular complexity index is 1610. The van der Waals surface area contributed by atoms with Crippen LogP contribution in [-0.4, -0.2) is 72.7 Å². The second-order valence-corrected chi connectivity index (χ2v) is 11.7. The topological polar surface area (TPSA) is 164 Å². The van der Waals surface area contributed by atoms with Gasteiger partial charge in [0, 0.05) is 48.5 Å². The maximum absolute atomic E-state index is 13.4. The fourth-order valence-electron chi connectivity index (χ4n) is 5.26. The van der Waals surface area contributed by atoms with Gasteiger partial charge in [0.25, 0.3) is 0 Å². The molecule has 0 radical (unpaired) electrons. The minimum atomic E-state index is -4.48. The first-order chi connectivity index (χ1) is 21.2. The van der Waals surface area contributed by atoms with Crippen molar-refractivity contribution in [3.63, 3.8) is 0 Å². The molecule has 0 unspecified atom stereocenters. The monoisotopic (exact) mass is 627 g/mol. The number of carbonyl (C=O) groups excluding carboxylic acids is 1. The first-order valence-electron chi connectivity index (χ1n) is 14.4. The van der Waals surface area contributed by atoms with E-state index in [1.54, 1.807) is 18.3 Å². The van der Waals surface area contributed by atoms with Crippen molar-refractivity contribution in [3.05, 3.63) is 66.9 Å². The van der Waals surface area contributed by atoms with Crippen molar-refractivity contribution in [2.24, 2.45) is 0 Å². The summed E-state index contributed by atoms with van der Waals surface area (Å²) in [6.45, 7) is 1.59. The zero-order valence-electron chi connectivity index (χ0n) is 24.0. The van der Waals surface area contributed by atoms with E-state index in [1.165, 1.54) is 29.2 Å². The largest absolute Gasteiger partial charge is 0.493 e. The summed E-state index contributed by atoms with van der Waals surface area (Å²) in [4.78, 5) is 41.3. The maximum atomic E-state index is 13.4. The molecular weight excluding hydrogens is 592 g/mol. The number of nitrogens with one attached hydrogen (secondary N) is 2. The minimum absolute atomic E-state index is 0.0193. The van der Waals surface area contributed by atoms with Crippen LogP contribution in [0.3, 0.4) is 0 Å². The molecule has 4 N–H and O–H groups in total. The Morgan fingerprint density at radius 2 is 1.93 bits per heavy atom. The number of phosphoric ester groups is 1. The van der Waals surface area contributed by atoms with Gasteiger partial charge in [-0.1, -0.05) is 18.9 Å². The maximum Gasteiger partial charge on any atom is 0.469 e. The standard InChI is InChI=1S/C29H35FN7O6P/c30-21-5-3-6-22(17-21)33-28(38)19-37-13-11-27(35-37)34-29-25-10-9-24(18-26(25)31-20-32-29)42-15-4-12-36(23-7-1-2-8-23)14-16-43-44(39,40)41/h3,5-6,9-11,13,17-18,20,23H,1-2,4,7-8,12,14-16,19H2,(H,33,38)(H2,39,40,41)(H,31,32,34,35). The van der Waals surface area contributed by atoms with E-state index >= 15 is 0 Å². The summed E-state index contributed by atoms with van der Waals surface area (Å²) in [6.07, 6.45) is 8.30.